The quantitative estimate of drug-likeness (QED) is 0.894. The Kier molecular flexibility index (Phi) is 3.60. The molecule has 0 saturated carbocycles. The van der Waals surface area contributed by atoms with Crippen LogP contribution in [-0.2, 0) is 6.42 Å². The van der Waals surface area contributed by atoms with Gasteiger partial charge in [-0.05, 0) is 30.0 Å². The lowest BCUT2D eigenvalue weighted by atomic mass is 9.70. The number of benzene rings is 2. The molecule has 0 amide bonds. The van der Waals surface area contributed by atoms with Gasteiger partial charge in [-0.2, -0.15) is 0 Å². The zero-order chi connectivity index (χ0) is 14.1. The van der Waals surface area contributed by atoms with Crippen LogP contribution >= 0.6 is 0 Å². The highest BCUT2D eigenvalue weighted by molar-refractivity contribution is 5.42. The molecule has 20 heavy (non-hydrogen) atoms. The molecule has 104 valence electrons. The summed E-state index contributed by atoms with van der Waals surface area (Å²) >= 11 is 0. The highest BCUT2D eigenvalue weighted by Gasteiger charge is 2.36. The molecular formula is C18H21NO. The minimum absolute atomic E-state index is 0.00764. The van der Waals surface area contributed by atoms with Gasteiger partial charge < -0.3 is 10.8 Å². The van der Waals surface area contributed by atoms with Crippen molar-refractivity contribution in [3.8, 4) is 0 Å². The van der Waals surface area contributed by atoms with E-state index in [1.165, 1.54) is 16.7 Å². The van der Waals surface area contributed by atoms with Crippen LogP contribution in [0.25, 0.3) is 0 Å². The Morgan fingerprint density at radius 2 is 2.00 bits per heavy atom. The van der Waals surface area contributed by atoms with E-state index < -0.39 is 6.10 Å². The summed E-state index contributed by atoms with van der Waals surface area (Å²) in [6.45, 7) is 2.55. The van der Waals surface area contributed by atoms with Crippen molar-refractivity contribution in [2.45, 2.75) is 31.3 Å². The van der Waals surface area contributed by atoms with Crippen LogP contribution in [0.2, 0.25) is 0 Å². The van der Waals surface area contributed by atoms with E-state index in [0.29, 0.717) is 6.54 Å². The predicted molar refractivity (Wildman–Crippen MR) is 81.9 cm³/mol. The number of hydrogen-bond acceptors (Lipinski definition) is 2. The van der Waals surface area contributed by atoms with Crippen LogP contribution in [0.4, 0.5) is 0 Å². The molecule has 0 fully saturated rings. The Hall–Kier alpha value is -1.64. The highest BCUT2D eigenvalue weighted by Crippen LogP contribution is 2.41. The number of aliphatic hydroxyl groups excluding tert-OH is 1. The fourth-order valence-corrected chi connectivity index (χ4v) is 3.26. The molecular weight excluding hydrogens is 246 g/mol. The normalized spacial score (nSPS) is 19.9. The number of nitrogens with two attached hydrogens (primary N) is 1. The summed E-state index contributed by atoms with van der Waals surface area (Å²) in [5.41, 5.74) is 10.9. The molecule has 0 radical (unpaired) electrons. The fourth-order valence-electron chi connectivity index (χ4n) is 3.26. The maximum Gasteiger partial charge on any atom is 0.0692 e. The summed E-state index contributed by atoms with van der Waals surface area (Å²) in [6, 6.07) is 16.7. The largest absolute Gasteiger partial charge is 0.392 e. The Morgan fingerprint density at radius 1 is 1.20 bits per heavy atom. The molecule has 2 heteroatoms. The van der Waals surface area contributed by atoms with Crippen LogP contribution in [-0.4, -0.2) is 17.8 Å². The first-order valence-electron chi connectivity index (χ1n) is 7.23. The highest BCUT2D eigenvalue weighted by atomic mass is 16.3. The van der Waals surface area contributed by atoms with Crippen molar-refractivity contribution in [2.24, 2.45) is 5.73 Å². The number of aryl methyl sites for hydroxylation is 1. The molecule has 2 aromatic rings. The third-order valence-electron chi connectivity index (χ3n) is 4.44. The van der Waals surface area contributed by atoms with E-state index in [4.69, 9.17) is 5.73 Å². The van der Waals surface area contributed by atoms with Crippen molar-refractivity contribution in [3.63, 3.8) is 0 Å². The van der Waals surface area contributed by atoms with Crippen molar-refractivity contribution in [2.75, 3.05) is 6.54 Å². The van der Waals surface area contributed by atoms with Gasteiger partial charge in [-0.3, -0.25) is 0 Å². The van der Waals surface area contributed by atoms with Gasteiger partial charge in [0.25, 0.3) is 0 Å². The molecule has 3 rings (SSSR count). The summed E-state index contributed by atoms with van der Waals surface area (Å²) in [4.78, 5) is 0. The van der Waals surface area contributed by atoms with Crippen molar-refractivity contribution in [1.29, 1.82) is 0 Å². The average Bonchev–Trinajstić information content (AvgIpc) is 2.41. The Balaban J connectivity index is 1.84. The number of hydrogen-bond donors (Lipinski definition) is 2. The number of rotatable bonds is 4. The molecule has 3 unspecified atom stereocenters. The maximum absolute atomic E-state index is 10.7. The SMILES string of the molecule is Cc1cccc(C(CN)C(O)C2Cc3ccccc32)c1. The van der Waals surface area contributed by atoms with E-state index in [2.05, 4.69) is 43.3 Å². The third-order valence-corrected chi connectivity index (χ3v) is 4.44. The first-order chi connectivity index (χ1) is 9.70. The lowest BCUT2D eigenvalue weighted by Gasteiger charge is -2.37. The number of aliphatic hydroxyl groups is 1. The molecule has 0 spiro atoms. The van der Waals surface area contributed by atoms with Crippen molar-refractivity contribution in [3.05, 3.63) is 70.8 Å². The summed E-state index contributed by atoms with van der Waals surface area (Å²) in [5.74, 6) is 0.230. The van der Waals surface area contributed by atoms with Crippen LogP contribution in [0.5, 0.6) is 0 Å². The van der Waals surface area contributed by atoms with E-state index in [1.807, 2.05) is 12.1 Å². The summed E-state index contributed by atoms with van der Waals surface area (Å²) < 4.78 is 0. The molecule has 0 bridgehead atoms. The molecule has 0 heterocycles. The van der Waals surface area contributed by atoms with E-state index in [9.17, 15) is 5.11 Å². The zero-order valence-electron chi connectivity index (χ0n) is 11.8. The molecule has 1 aliphatic rings. The second kappa shape index (κ2) is 5.39. The van der Waals surface area contributed by atoms with Crippen LogP contribution < -0.4 is 5.73 Å². The van der Waals surface area contributed by atoms with Crippen molar-refractivity contribution < 1.29 is 5.11 Å². The molecule has 2 nitrogen and oxygen atoms in total. The lowest BCUT2D eigenvalue weighted by molar-refractivity contribution is 0.106. The fraction of sp³-hybridized carbons (Fsp3) is 0.333. The Morgan fingerprint density at radius 3 is 2.70 bits per heavy atom. The third kappa shape index (κ3) is 2.26. The van der Waals surface area contributed by atoms with E-state index in [0.717, 1.165) is 12.0 Å². The van der Waals surface area contributed by atoms with Gasteiger partial charge in [-0.25, -0.2) is 0 Å². The minimum Gasteiger partial charge on any atom is -0.392 e. The molecule has 0 aliphatic heterocycles. The van der Waals surface area contributed by atoms with Gasteiger partial charge >= 0.3 is 0 Å². The van der Waals surface area contributed by atoms with Gasteiger partial charge in [0.15, 0.2) is 0 Å². The molecule has 3 N–H and O–H groups in total. The van der Waals surface area contributed by atoms with E-state index in [1.54, 1.807) is 0 Å². The van der Waals surface area contributed by atoms with Gasteiger partial charge in [-0.15, -0.1) is 0 Å². The summed E-state index contributed by atoms with van der Waals surface area (Å²) in [7, 11) is 0. The van der Waals surface area contributed by atoms with Gasteiger partial charge in [0.2, 0.25) is 0 Å². The second-order valence-electron chi connectivity index (χ2n) is 5.76. The van der Waals surface area contributed by atoms with Crippen LogP contribution in [0.3, 0.4) is 0 Å². The van der Waals surface area contributed by atoms with Crippen LogP contribution in [0.15, 0.2) is 48.5 Å². The minimum atomic E-state index is -0.406. The molecule has 2 aromatic carbocycles. The van der Waals surface area contributed by atoms with Gasteiger partial charge in [-0.1, -0.05) is 54.1 Å². The first-order valence-corrected chi connectivity index (χ1v) is 7.23. The van der Waals surface area contributed by atoms with Gasteiger partial charge in [0, 0.05) is 18.4 Å². The summed E-state index contributed by atoms with van der Waals surface area (Å²) in [5, 5.41) is 10.7. The van der Waals surface area contributed by atoms with Gasteiger partial charge in [0.05, 0.1) is 6.10 Å². The molecule has 3 atom stereocenters. The summed E-state index contributed by atoms with van der Waals surface area (Å²) in [6.07, 6.45) is 0.552. The lowest BCUT2D eigenvalue weighted by Crippen LogP contribution is -2.36. The molecule has 0 saturated heterocycles. The van der Waals surface area contributed by atoms with Gasteiger partial charge in [0.1, 0.15) is 0 Å². The monoisotopic (exact) mass is 267 g/mol. The van der Waals surface area contributed by atoms with E-state index >= 15 is 0 Å². The first kappa shape index (κ1) is 13.3. The topological polar surface area (TPSA) is 46.2 Å². The van der Waals surface area contributed by atoms with Crippen molar-refractivity contribution in [1.82, 2.24) is 0 Å². The van der Waals surface area contributed by atoms with E-state index in [-0.39, 0.29) is 11.8 Å². The van der Waals surface area contributed by atoms with Crippen LogP contribution in [0.1, 0.15) is 34.1 Å². The Bertz CT molecular complexity index is 608. The standard InChI is InChI=1S/C18H21NO/c1-12-5-4-7-13(9-12)17(11-19)18(20)16-10-14-6-2-3-8-15(14)16/h2-9,16-18,20H,10-11,19H2,1H3. The average molecular weight is 267 g/mol. The number of fused-ring (bicyclic) bond motifs is 1. The molecule has 1 aliphatic carbocycles. The Labute approximate surface area is 120 Å². The van der Waals surface area contributed by atoms with Crippen molar-refractivity contribution >= 4 is 0 Å². The smallest absolute Gasteiger partial charge is 0.0692 e. The maximum atomic E-state index is 10.7. The zero-order valence-corrected chi connectivity index (χ0v) is 11.8. The second-order valence-corrected chi connectivity index (χ2v) is 5.76. The van der Waals surface area contributed by atoms with Crippen LogP contribution in [0, 0.1) is 6.92 Å². The predicted octanol–water partition coefficient (Wildman–Crippen LogP) is 2.74. The molecule has 0 aromatic heterocycles.